The van der Waals surface area contributed by atoms with E-state index in [9.17, 15) is 9.59 Å². The van der Waals surface area contributed by atoms with Crippen molar-refractivity contribution in [3.63, 3.8) is 0 Å². The van der Waals surface area contributed by atoms with Gasteiger partial charge in [0, 0.05) is 30.7 Å². The number of fused-ring (bicyclic) bond motifs is 1. The molecule has 0 aliphatic rings. The molecule has 118 valence electrons. The van der Waals surface area contributed by atoms with Crippen LogP contribution in [0.15, 0.2) is 50.3 Å². The molecule has 3 aromatic rings. The number of rotatable bonds is 5. The van der Waals surface area contributed by atoms with Gasteiger partial charge in [0.15, 0.2) is 5.43 Å². The molecule has 1 N–H and O–H groups in total. The van der Waals surface area contributed by atoms with Gasteiger partial charge in [0.1, 0.15) is 11.3 Å². The minimum atomic E-state index is -0.194. The van der Waals surface area contributed by atoms with E-state index in [-0.39, 0.29) is 17.8 Å². The molecule has 7 heteroatoms. The number of aryl methyl sites for hydroxylation is 1. The normalized spacial score (nSPS) is 10.7. The number of hydrogen-bond acceptors (Lipinski definition) is 6. The van der Waals surface area contributed by atoms with Crippen molar-refractivity contribution in [3.8, 4) is 5.88 Å². The Labute approximate surface area is 130 Å². The number of aromatic nitrogens is 1. The third-order valence-electron chi connectivity index (χ3n) is 3.29. The number of nitrogens with zero attached hydrogens (tertiary/aromatic N) is 1. The van der Waals surface area contributed by atoms with E-state index in [2.05, 4.69) is 10.5 Å². The van der Waals surface area contributed by atoms with Gasteiger partial charge < -0.3 is 19.0 Å². The Bertz CT molecular complexity index is 897. The second kappa shape index (κ2) is 6.35. The number of ether oxygens (including phenoxy) is 1. The molecule has 0 saturated carbocycles. The van der Waals surface area contributed by atoms with Crippen LogP contribution in [0.4, 0.5) is 5.69 Å². The van der Waals surface area contributed by atoms with Gasteiger partial charge in [0.25, 0.3) is 5.88 Å². The molecule has 0 aliphatic carbocycles. The van der Waals surface area contributed by atoms with Crippen LogP contribution in [-0.4, -0.2) is 18.2 Å². The third-order valence-corrected chi connectivity index (χ3v) is 3.29. The second-order valence-electron chi connectivity index (χ2n) is 4.88. The van der Waals surface area contributed by atoms with Gasteiger partial charge in [-0.2, -0.15) is 0 Å². The largest absolute Gasteiger partial charge is 0.479 e. The van der Waals surface area contributed by atoms with E-state index in [1.807, 2.05) is 0 Å². The van der Waals surface area contributed by atoms with Crippen LogP contribution in [0.1, 0.15) is 12.2 Å². The molecular weight excluding hydrogens is 300 g/mol. The highest BCUT2D eigenvalue weighted by atomic mass is 16.5. The first kappa shape index (κ1) is 14.8. The lowest BCUT2D eigenvalue weighted by Crippen LogP contribution is -2.12. The summed E-state index contributed by atoms with van der Waals surface area (Å²) >= 11 is 0. The first-order chi connectivity index (χ1) is 11.2. The van der Waals surface area contributed by atoms with Crippen molar-refractivity contribution in [2.75, 3.05) is 12.4 Å². The zero-order chi connectivity index (χ0) is 16.2. The molecule has 3 rings (SSSR count). The Kier molecular flexibility index (Phi) is 4.09. The highest BCUT2D eigenvalue weighted by Crippen LogP contribution is 2.17. The SMILES string of the molecule is COc1cc(CCC(=O)Nc2ccc3occc(=O)c3c2)on1. The maximum Gasteiger partial charge on any atom is 0.254 e. The summed E-state index contributed by atoms with van der Waals surface area (Å²) in [4.78, 5) is 23.7. The second-order valence-corrected chi connectivity index (χ2v) is 4.88. The van der Waals surface area contributed by atoms with Crippen molar-refractivity contribution in [1.82, 2.24) is 5.16 Å². The fourth-order valence-electron chi connectivity index (χ4n) is 2.13. The zero-order valence-electron chi connectivity index (χ0n) is 12.4. The summed E-state index contributed by atoms with van der Waals surface area (Å²) < 4.78 is 15.2. The minimum Gasteiger partial charge on any atom is -0.479 e. The highest BCUT2D eigenvalue weighted by Gasteiger charge is 2.09. The van der Waals surface area contributed by atoms with Gasteiger partial charge in [-0.05, 0) is 23.4 Å². The fraction of sp³-hybridized carbons (Fsp3) is 0.188. The van der Waals surface area contributed by atoms with Crippen LogP contribution in [0.3, 0.4) is 0 Å². The molecule has 23 heavy (non-hydrogen) atoms. The first-order valence-electron chi connectivity index (χ1n) is 6.97. The van der Waals surface area contributed by atoms with Gasteiger partial charge in [0.05, 0.1) is 18.8 Å². The Morgan fingerprint density at radius 3 is 2.96 bits per heavy atom. The quantitative estimate of drug-likeness (QED) is 0.777. The lowest BCUT2D eigenvalue weighted by atomic mass is 10.2. The number of benzene rings is 1. The summed E-state index contributed by atoms with van der Waals surface area (Å²) in [6, 6.07) is 7.89. The number of anilines is 1. The van der Waals surface area contributed by atoms with Crippen molar-refractivity contribution in [3.05, 3.63) is 52.6 Å². The van der Waals surface area contributed by atoms with E-state index in [4.69, 9.17) is 13.7 Å². The molecule has 7 nitrogen and oxygen atoms in total. The molecule has 0 bridgehead atoms. The van der Waals surface area contributed by atoms with E-state index in [0.717, 1.165) is 0 Å². The lowest BCUT2D eigenvalue weighted by molar-refractivity contribution is -0.116. The highest BCUT2D eigenvalue weighted by molar-refractivity contribution is 5.93. The van der Waals surface area contributed by atoms with Gasteiger partial charge in [-0.1, -0.05) is 0 Å². The molecule has 1 amide bonds. The van der Waals surface area contributed by atoms with E-state index in [1.54, 1.807) is 24.3 Å². The molecule has 0 atom stereocenters. The molecule has 0 fully saturated rings. The Hall–Kier alpha value is -3.09. The van der Waals surface area contributed by atoms with Crippen molar-refractivity contribution in [1.29, 1.82) is 0 Å². The van der Waals surface area contributed by atoms with E-state index < -0.39 is 0 Å². The van der Waals surface area contributed by atoms with Crippen molar-refractivity contribution in [2.45, 2.75) is 12.8 Å². The van der Waals surface area contributed by atoms with Crippen LogP contribution in [0, 0.1) is 0 Å². The maximum atomic E-state index is 12.0. The number of carbonyl (C=O) groups is 1. The third kappa shape index (κ3) is 3.39. The van der Waals surface area contributed by atoms with Gasteiger partial charge in [-0.25, -0.2) is 0 Å². The minimum absolute atomic E-state index is 0.156. The number of carbonyl (C=O) groups excluding carboxylic acids is 1. The predicted octanol–water partition coefficient (Wildman–Crippen LogP) is 2.36. The summed E-state index contributed by atoms with van der Waals surface area (Å²) in [6.07, 6.45) is 1.96. The molecule has 2 aromatic heterocycles. The van der Waals surface area contributed by atoms with E-state index in [1.165, 1.54) is 19.4 Å². The Morgan fingerprint density at radius 1 is 1.30 bits per heavy atom. The van der Waals surface area contributed by atoms with Gasteiger partial charge in [-0.3, -0.25) is 9.59 Å². The Balaban J connectivity index is 1.65. The number of hydrogen-bond donors (Lipinski definition) is 1. The average Bonchev–Trinajstić information content (AvgIpc) is 3.02. The number of amides is 1. The molecular formula is C16H14N2O5. The van der Waals surface area contributed by atoms with Crippen molar-refractivity contribution < 1.29 is 18.5 Å². The lowest BCUT2D eigenvalue weighted by Gasteiger charge is -2.05. The predicted molar refractivity (Wildman–Crippen MR) is 82.5 cm³/mol. The molecule has 0 unspecified atom stereocenters. The molecule has 0 spiro atoms. The maximum absolute atomic E-state index is 12.0. The van der Waals surface area contributed by atoms with Gasteiger partial charge >= 0.3 is 0 Å². The fourth-order valence-corrected chi connectivity index (χ4v) is 2.13. The van der Waals surface area contributed by atoms with Gasteiger partial charge in [-0.15, -0.1) is 0 Å². The molecule has 1 aromatic carbocycles. The van der Waals surface area contributed by atoms with Crippen LogP contribution < -0.4 is 15.5 Å². The summed E-state index contributed by atoms with van der Waals surface area (Å²) in [7, 11) is 1.49. The van der Waals surface area contributed by atoms with Crippen LogP contribution in [0.5, 0.6) is 5.88 Å². The number of nitrogens with one attached hydrogen (secondary N) is 1. The topological polar surface area (TPSA) is 94.6 Å². The van der Waals surface area contributed by atoms with Gasteiger partial charge in [0.2, 0.25) is 5.91 Å². The Morgan fingerprint density at radius 2 is 2.17 bits per heavy atom. The summed E-state index contributed by atoms with van der Waals surface area (Å²) in [5.74, 6) is 0.748. The van der Waals surface area contributed by atoms with E-state index >= 15 is 0 Å². The molecule has 2 heterocycles. The van der Waals surface area contributed by atoms with E-state index in [0.29, 0.717) is 34.7 Å². The average molecular weight is 314 g/mol. The molecule has 0 saturated heterocycles. The smallest absolute Gasteiger partial charge is 0.254 e. The summed E-state index contributed by atoms with van der Waals surface area (Å²) in [5.41, 5.74) is 0.858. The molecule has 0 aliphatic heterocycles. The van der Waals surface area contributed by atoms with Crippen LogP contribution in [0.2, 0.25) is 0 Å². The van der Waals surface area contributed by atoms with Crippen molar-refractivity contribution >= 4 is 22.6 Å². The summed E-state index contributed by atoms with van der Waals surface area (Å²) in [6.45, 7) is 0. The van der Waals surface area contributed by atoms with Crippen LogP contribution >= 0.6 is 0 Å². The van der Waals surface area contributed by atoms with Crippen LogP contribution in [-0.2, 0) is 11.2 Å². The van der Waals surface area contributed by atoms with Crippen LogP contribution in [0.25, 0.3) is 11.0 Å². The standard InChI is InChI=1S/C16H14N2O5/c1-21-16-9-11(23-18-16)3-5-15(20)17-10-2-4-14-12(8-10)13(19)6-7-22-14/h2,4,6-9H,3,5H2,1H3,(H,17,20). The zero-order valence-corrected chi connectivity index (χ0v) is 12.4. The monoisotopic (exact) mass is 314 g/mol. The first-order valence-corrected chi connectivity index (χ1v) is 6.97. The summed E-state index contributed by atoms with van der Waals surface area (Å²) in [5, 5.41) is 6.83. The number of methoxy groups -OCH3 is 1. The van der Waals surface area contributed by atoms with Crippen molar-refractivity contribution in [2.24, 2.45) is 0 Å². The molecule has 0 radical (unpaired) electrons.